The lowest BCUT2D eigenvalue weighted by Gasteiger charge is -2.20. The average Bonchev–Trinajstić information content (AvgIpc) is 2.82. The molecule has 108 valence electrons. The number of benzene rings is 1. The molecule has 0 saturated carbocycles. The first-order valence-corrected chi connectivity index (χ1v) is 7.26. The van der Waals surface area contributed by atoms with Crippen LogP contribution in [-0.2, 0) is 0 Å². The topological polar surface area (TPSA) is 21.3 Å². The molecule has 2 aromatic rings. The summed E-state index contributed by atoms with van der Waals surface area (Å²) >= 11 is 1.49. The summed E-state index contributed by atoms with van der Waals surface area (Å²) in [6, 6.07) is 3.90. The van der Waals surface area contributed by atoms with E-state index in [9.17, 15) is 8.78 Å². The lowest BCUT2D eigenvalue weighted by molar-refractivity contribution is 0.403. The van der Waals surface area contributed by atoms with E-state index >= 15 is 0 Å². The molecule has 0 aliphatic carbocycles. The van der Waals surface area contributed by atoms with Gasteiger partial charge in [-0.2, -0.15) is 0 Å². The van der Waals surface area contributed by atoms with E-state index in [1.807, 2.05) is 25.3 Å². The SMILES string of the molecule is CCNC(c1sccc1C)c1c(F)cc(OC)cc1F. The smallest absolute Gasteiger partial charge is 0.134 e. The minimum absolute atomic E-state index is 0.0400. The van der Waals surface area contributed by atoms with Crippen LogP contribution in [0.25, 0.3) is 0 Å². The van der Waals surface area contributed by atoms with Crippen LogP contribution in [0.4, 0.5) is 8.78 Å². The van der Waals surface area contributed by atoms with E-state index in [4.69, 9.17) is 4.74 Å². The molecule has 0 aliphatic rings. The van der Waals surface area contributed by atoms with Crippen molar-refractivity contribution in [1.82, 2.24) is 5.32 Å². The molecule has 0 bridgehead atoms. The molecule has 0 aliphatic heterocycles. The Morgan fingerprint density at radius 2 is 1.95 bits per heavy atom. The molecular weight excluding hydrogens is 280 g/mol. The zero-order chi connectivity index (χ0) is 14.7. The van der Waals surface area contributed by atoms with E-state index in [1.165, 1.54) is 30.6 Å². The molecule has 1 atom stereocenters. The molecule has 2 nitrogen and oxygen atoms in total. The van der Waals surface area contributed by atoms with Gasteiger partial charge < -0.3 is 10.1 Å². The Morgan fingerprint density at radius 3 is 2.40 bits per heavy atom. The predicted octanol–water partition coefficient (Wildman–Crippen LogP) is 4.04. The molecule has 0 fully saturated rings. The van der Waals surface area contributed by atoms with Crippen LogP contribution in [0.2, 0.25) is 0 Å². The van der Waals surface area contributed by atoms with Crippen molar-refractivity contribution in [1.29, 1.82) is 0 Å². The Hall–Kier alpha value is -1.46. The molecule has 1 aromatic carbocycles. The highest BCUT2D eigenvalue weighted by Crippen LogP contribution is 2.34. The Bertz CT molecular complexity index is 574. The van der Waals surface area contributed by atoms with Gasteiger partial charge in [0.15, 0.2) is 0 Å². The van der Waals surface area contributed by atoms with Gasteiger partial charge in [0, 0.05) is 22.6 Å². The number of aryl methyl sites for hydroxylation is 1. The normalized spacial score (nSPS) is 12.4. The largest absolute Gasteiger partial charge is 0.497 e. The Morgan fingerprint density at radius 1 is 1.30 bits per heavy atom. The van der Waals surface area contributed by atoms with E-state index < -0.39 is 17.7 Å². The van der Waals surface area contributed by atoms with Gasteiger partial charge in [0.05, 0.1) is 13.2 Å². The monoisotopic (exact) mass is 297 g/mol. The van der Waals surface area contributed by atoms with Crippen LogP contribution in [-0.4, -0.2) is 13.7 Å². The minimum Gasteiger partial charge on any atom is -0.497 e. The van der Waals surface area contributed by atoms with Crippen LogP contribution >= 0.6 is 11.3 Å². The zero-order valence-electron chi connectivity index (χ0n) is 11.7. The standard InChI is InChI=1S/C15H17F2NOS/c1-4-18-14(15-9(2)5-6-20-15)13-11(16)7-10(19-3)8-12(13)17/h5-8,14,18H,4H2,1-3H3. The first kappa shape index (κ1) is 14.9. The van der Waals surface area contributed by atoms with Gasteiger partial charge in [-0.3, -0.25) is 0 Å². The van der Waals surface area contributed by atoms with Crippen LogP contribution in [0.1, 0.15) is 29.0 Å². The fourth-order valence-corrected chi connectivity index (χ4v) is 3.17. The van der Waals surface area contributed by atoms with Crippen molar-refractivity contribution in [2.75, 3.05) is 13.7 Å². The first-order valence-electron chi connectivity index (χ1n) is 6.38. The van der Waals surface area contributed by atoms with Crippen molar-refractivity contribution in [3.8, 4) is 5.75 Å². The number of ether oxygens (including phenoxy) is 1. The molecule has 1 heterocycles. The van der Waals surface area contributed by atoms with Crippen molar-refractivity contribution >= 4 is 11.3 Å². The third-order valence-electron chi connectivity index (χ3n) is 3.15. The van der Waals surface area contributed by atoms with Gasteiger partial charge in [0.2, 0.25) is 0 Å². The average molecular weight is 297 g/mol. The van der Waals surface area contributed by atoms with E-state index in [0.29, 0.717) is 6.54 Å². The molecule has 1 N–H and O–H groups in total. The second-order valence-electron chi connectivity index (χ2n) is 4.46. The van der Waals surface area contributed by atoms with Crippen molar-refractivity contribution in [3.05, 3.63) is 51.2 Å². The third-order valence-corrected chi connectivity index (χ3v) is 4.23. The lowest BCUT2D eigenvalue weighted by Crippen LogP contribution is -2.24. The quantitative estimate of drug-likeness (QED) is 0.899. The number of rotatable bonds is 5. The highest BCUT2D eigenvalue weighted by molar-refractivity contribution is 7.10. The molecule has 2 rings (SSSR count). The van der Waals surface area contributed by atoms with Crippen molar-refractivity contribution in [2.24, 2.45) is 0 Å². The van der Waals surface area contributed by atoms with Crippen LogP contribution in [0.3, 0.4) is 0 Å². The number of halogens is 2. The predicted molar refractivity (Wildman–Crippen MR) is 77.5 cm³/mol. The Balaban J connectivity index is 2.53. The number of thiophene rings is 1. The molecular formula is C15H17F2NOS. The van der Waals surface area contributed by atoms with E-state index in [1.54, 1.807) is 0 Å². The van der Waals surface area contributed by atoms with Crippen LogP contribution in [0.5, 0.6) is 5.75 Å². The fourth-order valence-electron chi connectivity index (χ4n) is 2.16. The van der Waals surface area contributed by atoms with Crippen LogP contribution in [0.15, 0.2) is 23.6 Å². The third kappa shape index (κ3) is 2.83. The lowest BCUT2D eigenvalue weighted by atomic mass is 10.0. The van der Waals surface area contributed by atoms with Gasteiger partial charge in [0.1, 0.15) is 17.4 Å². The van der Waals surface area contributed by atoms with Gasteiger partial charge in [-0.1, -0.05) is 6.92 Å². The molecule has 0 radical (unpaired) electrons. The fraction of sp³-hybridized carbons (Fsp3) is 0.333. The number of hydrogen-bond acceptors (Lipinski definition) is 3. The van der Waals surface area contributed by atoms with Crippen LogP contribution < -0.4 is 10.1 Å². The van der Waals surface area contributed by atoms with Crippen molar-refractivity contribution in [3.63, 3.8) is 0 Å². The Kier molecular flexibility index (Phi) is 4.73. The van der Waals surface area contributed by atoms with E-state index in [0.717, 1.165) is 10.4 Å². The molecule has 20 heavy (non-hydrogen) atoms. The summed E-state index contributed by atoms with van der Waals surface area (Å²) in [5.41, 5.74) is 1.06. The zero-order valence-corrected chi connectivity index (χ0v) is 12.5. The number of hydrogen-bond donors (Lipinski definition) is 1. The molecule has 0 amide bonds. The van der Waals surface area contributed by atoms with Crippen molar-refractivity contribution in [2.45, 2.75) is 19.9 Å². The summed E-state index contributed by atoms with van der Waals surface area (Å²) in [6.45, 7) is 4.47. The van der Waals surface area contributed by atoms with Gasteiger partial charge in [-0.25, -0.2) is 8.78 Å². The minimum atomic E-state index is -0.597. The van der Waals surface area contributed by atoms with Gasteiger partial charge in [-0.15, -0.1) is 11.3 Å². The summed E-state index contributed by atoms with van der Waals surface area (Å²) in [5, 5.41) is 5.08. The summed E-state index contributed by atoms with van der Waals surface area (Å²) in [5.74, 6) is -1.01. The maximum Gasteiger partial charge on any atom is 0.134 e. The molecule has 0 saturated heterocycles. The first-order chi connectivity index (χ1) is 9.58. The van der Waals surface area contributed by atoms with Gasteiger partial charge >= 0.3 is 0 Å². The summed E-state index contributed by atoms with van der Waals surface area (Å²) in [6.07, 6.45) is 0. The van der Waals surface area contributed by atoms with Crippen LogP contribution in [0, 0.1) is 18.6 Å². The van der Waals surface area contributed by atoms with E-state index in [-0.39, 0.29) is 11.3 Å². The number of nitrogens with one attached hydrogen (secondary N) is 1. The molecule has 1 aromatic heterocycles. The van der Waals surface area contributed by atoms with Gasteiger partial charge in [0.25, 0.3) is 0 Å². The summed E-state index contributed by atoms with van der Waals surface area (Å²) < 4.78 is 33.4. The van der Waals surface area contributed by atoms with Gasteiger partial charge in [-0.05, 0) is 30.5 Å². The highest BCUT2D eigenvalue weighted by Gasteiger charge is 2.24. The Labute approximate surface area is 121 Å². The molecule has 0 spiro atoms. The molecule has 5 heteroatoms. The van der Waals surface area contributed by atoms with E-state index in [2.05, 4.69) is 5.32 Å². The second kappa shape index (κ2) is 6.33. The maximum atomic E-state index is 14.2. The summed E-state index contributed by atoms with van der Waals surface area (Å²) in [7, 11) is 1.39. The van der Waals surface area contributed by atoms with Crippen molar-refractivity contribution < 1.29 is 13.5 Å². The summed E-state index contributed by atoms with van der Waals surface area (Å²) in [4.78, 5) is 0.926. The molecule has 1 unspecified atom stereocenters. The maximum absolute atomic E-state index is 14.2. The second-order valence-corrected chi connectivity index (χ2v) is 5.41. The number of methoxy groups -OCH3 is 1. The highest BCUT2D eigenvalue weighted by atomic mass is 32.1.